The average Bonchev–Trinajstić information content (AvgIpc) is 3.14. The maximum Gasteiger partial charge on any atom is 0.255 e. The van der Waals surface area contributed by atoms with Gasteiger partial charge in [0.25, 0.3) is 5.91 Å². The monoisotopic (exact) mass is 397 g/mol. The normalized spacial score (nSPS) is 15.1. The van der Waals surface area contributed by atoms with Gasteiger partial charge in [0.1, 0.15) is 0 Å². The molecular formula is C23H24ClNOS. The van der Waals surface area contributed by atoms with Crippen LogP contribution in [-0.2, 0) is 6.42 Å². The summed E-state index contributed by atoms with van der Waals surface area (Å²) >= 11 is 7.67. The molecular weight excluding hydrogens is 374 g/mol. The Morgan fingerprint density at radius 2 is 1.78 bits per heavy atom. The number of thiophene rings is 1. The number of carbonyl (C=O) groups is 1. The van der Waals surface area contributed by atoms with Crippen LogP contribution in [0.5, 0.6) is 0 Å². The van der Waals surface area contributed by atoms with E-state index in [0.29, 0.717) is 6.04 Å². The van der Waals surface area contributed by atoms with E-state index in [1.54, 1.807) is 11.3 Å². The summed E-state index contributed by atoms with van der Waals surface area (Å²) in [6, 6.07) is 16.5. The number of amides is 1. The van der Waals surface area contributed by atoms with Crippen LogP contribution in [0.1, 0.15) is 48.0 Å². The van der Waals surface area contributed by atoms with Gasteiger partial charge in [-0.2, -0.15) is 0 Å². The average molecular weight is 398 g/mol. The van der Waals surface area contributed by atoms with Crippen LogP contribution in [0.15, 0.2) is 53.9 Å². The molecule has 1 saturated carbocycles. The first-order valence-electron chi connectivity index (χ1n) is 9.74. The van der Waals surface area contributed by atoms with Gasteiger partial charge in [-0.05, 0) is 43.0 Å². The van der Waals surface area contributed by atoms with Crippen LogP contribution in [0, 0.1) is 0 Å². The number of fused-ring (bicyclic) bond motifs is 1. The van der Waals surface area contributed by atoms with Crippen LogP contribution in [0.25, 0.3) is 10.1 Å². The van der Waals surface area contributed by atoms with Gasteiger partial charge in [0, 0.05) is 33.1 Å². The fourth-order valence-electron chi connectivity index (χ4n) is 4.04. The van der Waals surface area contributed by atoms with Gasteiger partial charge in [0.15, 0.2) is 0 Å². The Morgan fingerprint density at radius 1 is 1.04 bits per heavy atom. The number of hydrogen-bond acceptors (Lipinski definition) is 2. The van der Waals surface area contributed by atoms with Gasteiger partial charge in [-0.3, -0.25) is 4.79 Å². The summed E-state index contributed by atoms with van der Waals surface area (Å²) in [5.41, 5.74) is 2.08. The van der Waals surface area contributed by atoms with Crippen molar-refractivity contribution in [1.82, 2.24) is 4.90 Å². The molecule has 2 nitrogen and oxygen atoms in total. The predicted octanol–water partition coefficient (Wildman–Crippen LogP) is 6.57. The van der Waals surface area contributed by atoms with Crippen molar-refractivity contribution in [3.8, 4) is 0 Å². The van der Waals surface area contributed by atoms with E-state index < -0.39 is 0 Å². The number of halogens is 1. The largest absolute Gasteiger partial charge is 0.335 e. The maximum absolute atomic E-state index is 13.5. The Balaban J connectivity index is 1.58. The number of hydrogen-bond donors (Lipinski definition) is 0. The van der Waals surface area contributed by atoms with Gasteiger partial charge < -0.3 is 4.90 Å². The fraction of sp³-hybridized carbons (Fsp3) is 0.348. The third kappa shape index (κ3) is 4.20. The van der Waals surface area contributed by atoms with Crippen molar-refractivity contribution in [2.45, 2.75) is 44.6 Å². The van der Waals surface area contributed by atoms with Gasteiger partial charge in [-0.1, -0.05) is 61.2 Å². The van der Waals surface area contributed by atoms with Crippen molar-refractivity contribution in [3.63, 3.8) is 0 Å². The highest BCUT2D eigenvalue weighted by Gasteiger charge is 2.27. The zero-order valence-corrected chi connectivity index (χ0v) is 16.9. The quantitative estimate of drug-likeness (QED) is 0.476. The summed E-state index contributed by atoms with van der Waals surface area (Å²) in [5, 5.41) is 3.87. The maximum atomic E-state index is 13.5. The van der Waals surface area contributed by atoms with E-state index in [2.05, 4.69) is 29.2 Å². The Labute approximate surface area is 169 Å². The number of carbonyl (C=O) groups excluding carboxylic acids is 1. The lowest BCUT2D eigenvalue weighted by Crippen LogP contribution is -2.42. The first-order chi connectivity index (χ1) is 13.2. The molecule has 0 N–H and O–H groups in total. The van der Waals surface area contributed by atoms with Gasteiger partial charge in [-0.25, -0.2) is 0 Å². The summed E-state index contributed by atoms with van der Waals surface area (Å²) in [7, 11) is 0. The van der Waals surface area contributed by atoms with E-state index in [-0.39, 0.29) is 5.91 Å². The molecule has 3 aromatic rings. The first-order valence-corrected chi connectivity index (χ1v) is 11.0. The Morgan fingerprint density at radius 3 is 2.56 bits per heavy atom. The van der Waals surface area contributed by atoms with E-state index in [9.17, 15) is 4.79 Å². The third-order valence-electron chi connectivity index (χ3n) is 5.54. The van der Waals surface area contributed by atoms with Crippen molar-refractivity contribution < 1.29 is 4.79 Å². The molecule has 4 rings (SSSR count). The molecule has 1 amide bonds. The zero-order valence-electron chi connectivity index (χ0n) is 15.4. The van der Waals surface area contributed by atoms with Crippen LogP contribution >= 0.6 is 22.9 Å². The molecule has 0 spiro atoms. The Kier molecular flexibility index (Phi) is 5.80. The first kappa shape index (κ1) is 18.5. The molecule has 140 valence electrons. The van der Waals surface area contributed by atoms with Gasteiger partial charge >= 0.3 is 0 Å². The molecule has 1 fully saturated rings. The summed E-state index contributed by atoms with van der Waals surface area (Å²) in [6.45, 7) is 0.759. The van der Waals surface area contributed by atoms with Crippen LogP contribution in [0.2, 0.25) is 5.02 Å². The second kappa shape index (κ2) is 8.45. The van der Waals surface area contributed by atoms with Crippen molar-refractivity contribution in [2.75, 3.05) is 6.54 Å². The Bertz CT molecular complexity index is 912. The van der Waals surface area contributed by atoms with Gasteiger partial charge in [-0.15, -0.1) is 11.3 Å². The van der Waals surface area contributed by atoms with E-state index in [1.807, 2.05) is 29.6 Å². The van der Waals surface area contributed by atoms with E-state index >= 15 is 0 Å². The standard InChI is InChI=1S/C23H24ClNOS/c24-18-12-10-17(11-13-18)14-15-25(19-6-2-1-3-7-19)23(26)21-16-27-22-9-5-4-8-20(21)22/h4-5,8-13,16,19H,1-3,6-7,14-15H2. The van der Waals surface area contributed by atoms with E-state index in [0.717, 1.165) is 41.8 Å². The van der Waals surface area contributed by atoms with E-state index in [4.69, 9.17) is 11.6 Å². The summed E-state index contributed by atoms with van der Waals surface area (Å²) in [5.74, 6) is 0.188. The molecule has 1 aliphatic carbocycles. The lowest BCUT2D eigenvalue weighted by Gasteiger charge is -2.34. The highest BCUT2D eigenvalue weighted by atomic mass is 35.5. The van der Waals surface area contributed by atoms with Crippen LogP contribution in [0.4, 0.5) is 0 Å². The highest BCUT2D eigenvalue weighted by Crippen LogP contribution is 2.30. The molecule has 4 heteroatoms. The minimum absolute atomic E-state index is 0.188. The SMILES string of the molecule is O=C(c1csc2ccccc12)N(CCc1ccc(Cl)cc1)C1CCCCC1. The topological polar surface area (TPSA) is 20.3 Å². The van der Waals surface area contributed by atoms with E-state index in [1.165, 1.54) is 29.5 Å². The van der Waals surface area contributed by atoms with Crippen LogP contribution in [-0.4, -0.2) is 23.4 Å². The Hall–Kier alpha value is -1.84. The highest BCUT2D eigenvalue weighted by molar-refractivity contribution is 7.17. The third-order valence-corrected chi connectivity index (χ3v) is 6.76. The van der Waals surface area contributed by atoms with Crippen molar-refractivity contribution in [2.24, 2.45) is 0 Å². The predicted molar refractivity (Wildman–Crippen MR) is 115 cm³/mol. The molecule has 0 atom stereocenters. The number of nitrogens with zero attached hydrogens (tertiary/aromatic N) is 1. The number of benzene rings is 2. The second-order valence-corrected chi connectivity index (χ2v) is 8.66. The summed E-state index contributed by atoms with van der Waals surface area (Å²) in [4.78, 5) is 15.6. The lowest BCUT2D eigenvalue weighted by molar-refractivity contribution is 0.0639. The van der Waals surface area contributed by atoms with Crippen LogP contribution in [0.3, 0.4) is 0 Å². The van der Waals surface area contributed by atoms with Crippen molar-refractivity contribution in [3.05, 3.63) is 70.1 Å². The second-order valence-electron chi connectivity index (χ2n) is 7.31. The zero-order chi connectivity index (χ0) is 18.6. The van der Waals surface area contributed by atoms with Crippen molar-refractivity contribution in [1.29, 1.82) is 0 Å². The minimum Gasteiger partial charge on any atom is -0.335 e. The summed E-state index contributed by atoms with van der Waals surface area (Å²) < 4.78 is 1.18. The lowest BCUT2D eigenvalue weighted by atomic mass is 9.93. The molecule has 0 bridgehead atoms. The molecule has 1 aromatic heterocycles. The summed E-state index contributed by atoms with van der Waals surface area (Å²) in [6.07, 6.45) is 6.83. The molecule has 2 aromatic carbocycles. The minimum atomic E-state index is 0.188. The van der Waals surface area contributed by atoms with Gasteiger partial charge in [0.05, 0.1) is 5.56 Å². The van der Waals surface area contributed by atoms with Gasteiger partial charge in [0.2, 0.25) is 0 Å². The molecule has 1 heterocycles. The fourth-order valence-corrected chi connectivity index (χ4v) is 5.10. The molecule has 0 aliphatic heterocycles. The van der Waals surface area contributed by atoms with Crippen LogP contribution < -0.4 is 0 Å². The smallest absolute Gasteiger partial charge is 0.255 e. The number of rotatable bonds is 5. The molecule has 27 heavy (non-hydrogen) atoms. The van der Waals surface area contributed by atoms with Crippen molar-refractivity contribution >= 4 is 38.9 Å². The molecule has 0 radical (unpaired) electrons. The molecule has 0 unspecified atom stereocenters. The molecule has 0 saturated heterocycles. The molecule has 1 aliphatic rings.